The van der Waals surface area contributed by atoms with Crippen LogP contribution in [-0.2, 0) is 16.1 Å². The minimum absolute atomic E-state index is 0.0157. The van der Waals surface area contributed by atoms with Crippen molar-refractivity contribution in [2.24, 2.45) is 11.8 Å². The number of rotatable bonds is 5. The topological polar surface area (TPSA) is 105 Å². The smallest absolute Gasteiger partial charge is 0.228 e. The van der Waals surface area contributed by atoms with Crippen molar-refractivity contribution in [3.05, 3.63) is 47.4 Å². The molecule has 1 aliphatic heterocycles. The van der Waals surface area contributed by atoms with Crippen molar-refractivity contribution >= 4 is 28.4 Å². The molecule has 1 saturated heterocycles. The molecule has 0 aromatic carbocycles. The van der Waals surface area contributed by atoms with Gasteiger partial charge < -0.3 is 15.4 Å². The predicted molar refractivity (Wildman–Crippen MR) is 129 cm³/mol. The molecule has 0 bridgehead atoms. The van der Waals surface area contributed by atoms with Crippen molar-refractivity contribution in [2.45, 2.75) is 19.9 Å². The molecule has 1 saturated carbocycles. The third-order valence-corrected chi connectivity index (χ3v) is 6.23. The normalized spacial score (nSPS) is 19.8. The number of pyridine rings is 2. The van der Waals surface area contributed by atoms with E-state index in [2.05, 4.69) is 60.5 Å². The first kappa shape index (κ1) is 22.2. The van der Waals surface area contributed by atoms with E-state index in [9.17, 15) is 4.79 Å². The number of fused-ring (bicyclic) bond motifs is 1. The van der Waals surface area contributed by atoms with Gasteiger partial charge in [-0.2, -0.15) is 0 Å². The monoisotopic (exact) mass is 457 g/mol. The molecule has 2 fully saturated rings. The largest absolute Gasteiger partial charge is 0.379 e. The number of amides is 1. The highest BCUT2D eigenvalue weighted by atomic mass is 16.5. The van der Waals surface area contributed by atoms with Crippen LogP contribution in [0.5, 0.6) is 0 Å². The van der Waals surface area contributed by atoms with Crippen LogP contribution in [0.15, 0.2) is 30.6 Å². The molecule has 2 atom stereocenters. The molecule has 9 heteroatoms. The van der Waals surface area contributed by atoms with Gasteiger partial charge >= 0.3 is 0 Å². The lowest BCUT2D eigenvalue weighted by Gasteiger charge is -2.26. The predicted octanol–water partition coefficient (Wildman–Crippen LogP) is 2.29. The lowest BCUT2D eigenvalue weighted by molar-refractivity contribution is -0.117. The van der Waals surface area contributed by atoms with E-state index in [1.165, 1.54) is 0 Å². The molecule has 0 spiro atoms. The fourth-order valence-corrected chi connectivity index (χ4v) is 4.02. The van der Waals surface area contributed by atoms with Crippen LogP contribution >= 0.6 is 0 Å². The van der Waals surface area contributed by atoms with E-state index in [0.29, 0.717) is 34.3 Å². The molecule has 1 amide bonds. The lowest BCUT2D eigenvalue weighted by atomic mass is 10.1. The minimum Gasteiger partial charge on any atom is -0.379 e. The number of hydrogen-bond acceptors (Lipinski definition) is 8. The maximum absolute atomic E-state index is 12.3. The van der Waals surface area contributed by atoms with Crippen LogP contribution in [-0.4, -0.2) is 64.3 Å². The van der Waals surface area contributed by atoms with Crippen molar-refractivity contribution in [2.75, 3.05) is 44.0 Å². The van der Waals surface area contributed by atoms with Crippen molar-refractivity contribution in [1.82, 2.24) is 25.1 Å². The molecule has 2 N–H and O–H groups in total. The average molecular weight is 458 g/mol. The van der Waals surface area contributed by atoms with E-state index in [0.717, 1.165) is 50.2 Å². The molecule has 4 heterocycles. The minimum atomic E-state index is -0.0157. The summed E-state index contributed by atoms with van der Waals surface area (Å²) < 4.78 is 5.41. The Morgan fingerprint density at radius 1 is 1.18 bits per heavy atom. The summed E-state index contributed by atoms with van der Waals surface area (Å²) in [6.45, 7) is 6.36. The lowest BCUT2D eigenvalue weighted by Crippen LogP contribution is -2.35. The number of nitrogens with zero attached hydrogens (tertiary/aromatic N) is 5. The van der Waals surface area contributed by atoms with Crippen molar-refractivity contribution in [1.29, 1.82) is 0 Å². The highest BCUT2D eigenvalue weighted by molar-refractivity contribution is 5.97. The summed E-state index contributed by atoms with van der Waals surface area (Å²) in [5.41, 5.74) is 3.12. The van der Waals surface area contributed by atoms with Gasteiger partial charge in [0.1, 0.15) is 11.2 Å². The number of carbonyl (C=O) groups is 1. The van der Waals surface area contributed by atoms with E-state index in [4.69, 9.17) is 4.74 Å². The standard InChI is InChI=1S/C25H27N7O2/c1-16-11-20(16)25(33)29-22-12-21-18(14-28-24(26-2)23(21)31-30-22)4-6-19-5-3-17(13-27-19)15-32-7-9-34-10-8-32/h3,5,12-14,16,20H,7-11,15H2,1-2H3,(H,26,28)(H,29,30,33)/t16-,20+/m1/s1. The molecule has 0 unspecified atom stereocenters. The van der Waals surface area contributed by atoms with E-state index >= 15 is 0 Å². The molecule has 3 aromatic rings. The summed E-state index contributed by atoms with van der Waals surface area (Å²) in [5.74, 6) is 7.77. The summed E-state index contributed by atoms with van der Waals surface area (Å²) >= 11 is 0. The molecule has 1 aliphatic carbocycles. The maximum Gasteiger partial charge on any atom is 0.228 e. The Morgan fingerprint density at radius 3 is 2.71 bits per heavy atom. The Hall–Kier alpha value is -3.61. The number of nitrogens with one attached hydrogen (secondary N) is 2. The zero-order chi connectivity index (χ0) is 23.5. The first-order valence-corrected chi connectivity index (χ1v) is 11.5. The van der Waals surface area contributed by atoms with Crippen molar-refractivity contribution < 1.29 is 9.53 Å². The van der Waals surface area contributed by atoms with Gasteiger partial charge in [0.25, 0.3) is 0 Å². The molecule has 2 aliphatic rings. The van der Waals surface area contributed by atoms with Gasteiger partial charge in [0.15, 0.2) is 11.6 Å². The average Bonchev–Trinajstić information content (AvgIpc) is 3.60. The zero-order valence-corrected chi connectivity index (χ0v) is 19.3. The van der Waals surface area contributed by atoms with Gasteiger partial charge in [0, 0.05) is 50.4 Å². The van der Waals surface area contributed by atoms with Crippen LogP contribution in [0.1, 0.15) is 30.2 Å². The highest BCUT2D eigenvalue weighted by Crippen LogP contribution is 2.38. The van der Waals surface area contributed by atoms with Crippen LogP contribution in [0.4, 0.5) is 11.6 Å². The Bertz CT molecular complexity index is 1260. The molecule has 9 nitrogen and oxygen atoms in total. The van der Waals surface area contributed by atoms with Gasteiger partial charge in [-0.05, 0) is 36.0 Å². The number of morpholine rings is 1. The number of anilines is 2. The van der Waals surface area contributed by atoms with Crippen LogP contribution in [0.2, 0.25) is 0 Å². The van der Waals surface area contributed by atoms with Gasteiger partial charge in [-0.3, -0.25) is 9.69 Å². The van der Waals surface area contributed by atoms with Crippen LogP contribution < -0.4 is 10.6 Å². The fraction of sp³-hybridized carbons (Fsp3) is 0.400. The SMILES string of the molecule is CNc1ncc(C#Cc2ccc(CN3CCOCC3)cn2)c2cc(NC(=O)[C@H]3C[C@H]3C)nnc12. The Balaban J connectivity index is 1.37. The van der Waals surface area contributed by atoms with E-state index < -0.39 is 0 Å². The molecule has 5 rings (SSSR count). The van der Waals surface area contributed by atoms with Gasteiger partial charge in [-0.1, -0.05) is 18.9 Å². The van der Waals surface area contributed by atoms with Crippen molar-refractivity contribution in [3.63, 3.8) is 0 Å². The third-order valence-electron chi connectivity index (χ3n) is 6.23. The Labute approximate surface area is 198 Å². The molecule has 3 aromatic heterocycles. The first-order chi connectivity index (χ1) is 16.6. The van der Waals surface area contributed by atoms with Gasteiger partial charge in [-0.15, -0.1) is 10.2 Å². The van der Waals surface area contributed by atoms with E-state index in [1.54, 1.807) is 19.3 Å². The zero-order valence-electron chi connectivity index (χ0n) is 19.3. The van der Waals surface area contributed by atoms with Gasteiger partial charge in [0.05, 0.1) is 18.8 Å². The summed E-state index contributed by atoms with van der Waals surface area (Å²) in [4.78, 5) is 23.6. The van der Waals surface area contributed by atoms with E-state index in [1.807, 2.05) is 12.3 Å². The number of hydrogen-bond donors (Lipinski definition) is 2. The second-order valence-electron chi connectivity index (χ2n) is 8.76. The molecular weight excluding hydrogens is 430 g/mol. The van der Waals surface area contributed by atoms with Gasteiger partial charge in [0.2, 0.25) is 5.91 Å². The number of aromatic nitrogens is 4. The molecule has 174 valence electrons. The Morgan fingerprint density at radius 2 is 2.00 bits per heavy atom. The first-order valence-electron chi connectivity index (χ1n) is 11.5. The Kier molecular flexibility index (Phi) is 6.34. The summed E-state index contributed by atoms with van der Waals surface area (Å²) in [5, 5.41) is 15.2. The van der Waals surface area contributed by atoms with E-state index in [-0.39, 0.29) is 11.8 Å². The van der Waals surface area contributed by atoms with Crippen molar-refractivity contribution in [3.8, 4) is 11.8 Å². The molecule has 0 radical (unpaired) electrons. The highest BCUT2D eigenvalue weighted by Gasteiger charge is 2.39. The second kappa shape index (κ2) is 9.71. The van der Waals surface area contributed by atoms with Gasteiger partial charge in [-0.25, -0.2) is 9.97 Å². The summed E-state index contributed by atoms with van der Waals surface area (Å²) in [7, 11) is 1.78. The number of ether oxygens (including phenoxy) is 1. The second-order valence-corrected chi connectivity index (χ2v) is 8.76. The van der Waals surface area contributed by atoms with Crippen LogP contribution in [0.3, 0.4) is 0 Å². The third kappa shape index (κ3) is 4.98. The van der Waals surface area contributed by atoms with Crippen LogP contribution in [0.25, 0.3) is 10.9 Å². The molecular formula is C25H27N7O2. The maximum atomic E-state index is 12.3. The quantitative estimate of drug-likeness (QED) is 0.563. The fourth-order valence-electron chi connectivity index (χ4n) is 4.02. The summed E-state index contributed by atoms with van der Waals surface area (Å²) in [6.07, 6.45) is 4.48. The van der Waals surface area contributed by atoms with Crippen LogP contribution in [0, 0.1) is 23.7 Å². The molecule has 34 heavy (non-hydrogen) atoms. The number of carbonyl (C=O) groups excluding carboxylic acids is 1. The summed E-state index contributed by atoms with van der Waals surface area (Å²) in [6, 6.07) is 5.80.